The Labute approximate surface area is 128 Å². The first-order chi connectivity index (χ1) is 9.00. The van der Waals surface area contributed by atoms with Crippen molar-refractivity contribution in [2.45, 2.75) is 51.4 Å². The van der Waals surface area contributed by atoms with Gasteiger partial charge in [0.05, 0.1) is 0 Å². The predicted octanol–water partition coefficient (Wildman–Crippen LogP) is 4.95. The summed E-state index contributed by atoms with van der Waals surface area (Å²) < 4.78 is 0. The smallest absolute Gasteiger partial charge is 0.281 e. The van der Waals surface area contributed by atoms with E-state index in [1.807, 2.05) is 0 Å². The zero-order valence-electron chi connectivity index (χ0n) is 11.5. The van der Waals surface area contributed by atoms with Crippen molar-refractivity contribution >= 4 is 6.79 Å². The van der Waals surface area contributed by atoms with Gasteiger partial charge >= 0.3 is 0 Å². The van der Waals surface area contributed by atoms with Gasteiger partial charge in [-0.3, -0.25) is 4.79 Å². The van der Waals surface area contributed by atoms with Gasteiger partial charge in [0.25, 0.3) is 6.79 Å². The van der Waals surface area contributed by atoms with Gasteiger partial charge < -0.3 is 0 Å². The van der Waals surface area contributed by atoms with Crippen molar-refractivity contribution in [1.29, 1.82) is 0 Å². The second kappa shape index (κ2) is 19.5. The fourth-order valence-corrected chi connectivity index (χ4v) is 1.75. The van der Waals surface area contributed by atoms with Gasteiger partial charge in [-0.2, -0.15) is 0 Å². The molecule has 0 heterocycles. The van der Waals surface area contributed by atoms with Crippen LogP contribution in [0.15, 0.2) is 48.6 Å². The molecule has 2 rings (SSSR count). The van der Waals surface area contributed by atoms with Crippen LogP contribution in [0.4, 0.5) is 0 Å². The minimum atomic E-state index is 0. The Balaban J connectivity index is 0. The average Bonchev–Trinajstić information content (AvgIpc) is 2.30. The quantitative estimate of drug-likeness (QED) is 0.619. The topological polar surface area (TPSA) is 17.1 Å². The van der Waals surface area contributed by atoms with Gasteiger partial charge in [-0.15, -0.1) is 0 Å². The second-order valence-electron chi connectivity index (χ2n) is 4.28. The fraction of sp³-hybridized carbons (Fsp3) is 0.471. The van der Waals surface area contributed by atoms with Gasteiger partial charge in [0, 0.05) is 16.8 Å². The number of rotatable bonds is 0. The molecule has 19 heavy (non-hydrogen) atoms. The van der Waals surface area contributed by atoms with Gasteiger partial charge in [0.15, 0.2) is 0 Å². The van der Waals surface area contributed by atoms with E-state index >= 15 is 0 Å². The van der Waals surface area contributed by atoms with E-state index in [1.165, 1.54) is 51.4 Å². The summed E-state index contributed by atoms with van der Waals surface area (Å²) in [7, 11) is 0. The summed E-state index contributed by atoms with van der Waals surface area (Å²) in [5, 5.41) is 0. The molecule has 0 N–H and O–H groups in total. The van der Waals surface area contributed by atoms with Crippen molar-refractivity contribution in [3.63, 3.8) is 0 Å². The van der Waals surface area contributed by atoms with E-state index in [0.29, 0.717) is 0 Å². The summed E-state index contributed by atoms with van der Waals surface area (Å²) in [6.45, 7) is 4.50. The zero-order chi connectivity index (χ0) is 13.3. The largest absolute Gasteiger partial charge is 0.281 e. The van der Waals surface area contributed by atoms with Gasteiger partial charge in [0.2, 0.25) is 0 Å². The molecule has 0 spiro atoms. The van der Waals surface area contributed by atoms with Crippen LogP contribution in [0.2, 0.25) is 0 Å². The number of allylic oxidation sites excluding steroid dienone is 8. The summed E-state index contributed by atoms with van der Waals surface area (Å²) in [5.41, 5.74) is 0. The Morgan fingerprint density at radius 1 is 0.526 bits per heavy atom. The van der Waals surface area contributed by atoms with Crippen LogP contribution in [-0.2, 0) is 21.6 Å². The maximum absolute atomic E-state index is 7.50. The molecule has 0 aromatic heterocycles. The van der Waals surface area contributed by atoms with E-state index in [2.05, 4.69) is 55.4 Å². The van der Waals surface area contributed by atoms with E-state index < -0.39 is 0 Å². The molecule has 0 unspecified atom stereocenters. The first-order valence-electron chi connectivity index (χ1n) is 6.84. The number of hydrogen-bond acceptors (Lipinski definition) is 1. The third-order valence-corrected chi connectivity index (χ3v) is 2.75. The van der Waals surface area contributed by atoms with Crippen LogP contribution in [0.3, 0.4) is 0 Å². The van der Waals surface area contributed by atoms with E-state index in [9.17, 15) is 0 Å². The molecule has 0 saturated heterocycles. The maximum atomic E-state index is 7.50. The Kier molecular flexibility index (Phi) is 21.0. The molecule has 2 aliphatic carbocycles. The molecule has 0 saturated carbocycles. The monoisotopic (exact) mass is 303 g/mol. The molecular weight excluding hydrogens is 279 g/mol. The van der Waals surface area contributed by atoms with E-state index in [1.54, 1.807) is 0 Å². The SMILES string of the molecule is C1=C\CCCC\C=C/1.C1=C\CCCC\C=C/1.[C]=O.[Co]. The maximum Gasteiger partial charge on any atom is 0.281 e. The molecule has 0 aromatic carbocycles. The van der Waals surface area contributed by atoms with Gasteiger partial charge in [-0.1, -0.05) is 48.6 Å². The van der Waals surface area contributed by atoms with Crippen molar-refractivity contribution in [2.75, 3.05) is 0 Å². The average molecular weight is 303 g/mol. The van der Waals surface area contributed by atoms with Gasteiger partial charge in [-0.25, -0.2) is 0 Å². The number of hydrogen-bond donors (Lipinski definition) is 0. The van der Waals surface area contributed by atoms with Crippen LogP contribution < -0.4 is 0 Å². The number of carbonyl (C=O) groups excluding carboxylic acids is 1. The van der Waals surface area contributed by atoms with Crippen molar-refractivity contribution in [3.8, 4) is 0 Å². The second-order valence-corrected chi connectivity index (χ2v) is 4.28. The molecule has 0 atom stereocenters. The van der Waals surface area contributed by atoms with Crippen LogP contribution >= 0.6 is 0 Å². The van der Waals surface area contributed by atoms with Crippen molar-refractivity contribution in [3.05, 3.63) is 48.6 Å². The van der Waals surface area contributed by atoms with Gasteiger partial charge in [-0.05, 0) is 51.4 Å². The van der Waals surface area contributed by atoms with E-state index in [0.717, 1.165) is 0 Å². The molecular formula is C17H24CoO. The summed E-state index contributed by atoms with van der Waals surface area (Å²) >= 11 is 0. The molecule has 0 bridgehead atoms. The first kappa shape index (κ1) is 20.5. The third kappa shape index (κ3) is 17.1. The minimum absolute atomic E-state index is 0. The molecule has 2 heteroatoms. The molecule has 0 amide bonds. The molecule has 0 aliphatic heterocycles. The third-order valence-electron chi connectivity index (χ3n) is 2.75. The summed E-state index contributed by atoms with van der Waals surface area (Å²) in [4.78, 5) is 7.50. The van der Waals surface area contributed by atoms with Crippen LogP contribution in [-0.4, -0.2) is 6.79 Å². The van der Waals surface area contributed by atoms with E-state index in [4.69, 9.17) is 4.79 Å². The normalized spacial score (nSPS) is 23.8. The minimum Gasteiger partial charge on any atom is -0.281 e. The summed E-state index contributed by atoms with van der Waals surface area (Å²) in [6.07, 6.45) is 28.0. The van der Waals surface area contributed by atoms with Crippen molar-refractivity contribution < 1.29 is 21.6 Å². The molecule has 2 aliphatic rings. The van der Waals surface area contributed by atoms with E-state index in [-0.39, 0.29) is 16.8 Å². The van der Waals surface area contributed by atoms with Crippen LogP contribution in [0.25, 0.3) is 0 Å². The Hall–Kier alpha value is -0.864. The Morgan fingerprint density at radius 3 is 0.947 bits per heavy atom. The molecule has 3 radical (unpaired) electrons. The molecule has 107 valence electrons. The van der Waals surface area contributed by atoms with Crippen molar-refractivity contribution in [1.82, 2.24) is 0 Å². The molecule has 1 nitrogen and oxygen atoms in total. The van der Waals surface area contributed by atoms with Crippen LogP contribution in [0.5, 0.6) is 0 Å². The first-order valence-corrected chi connectivity index (χ1v) is 6.84. The van der Waals surface area contributed by atoms with Crippen LogP contribution in [0, 0.1) is 0 Å². The molecule has 0 aromatic rings. The molecule has 0 fully saturated rings. The standard InChI is InChI=1S/2C8H12.CO.Co/c2*1-2-4-6-8-7-5-3-1;1-2;/h2*1-4H,5-8H2;;/b2*3-1-,4-2-;;. The Morgan fingerprint density at radius 2 is 0.737 bits per heavy atom. The van der Waals surface area contributed by atoms with Crippen molar-refractivity contribution in [2.24, 2.45) is 0 Å². The Bertz CT molecular complexity index is 221. The summed E-state index contributed by atoms with van der Waals surface area (Å²) in [5.74, 6) is 0. The fourth-order valence-electron chi connectivity index (χ4n) is 1.75. The summed E-state index contributed by atoms with van der Waals surface area (Å²) in [6, 6.07) is 0. The van der Waals surface area contributed by atoms with Gasteiger partial charge in [0.1, 0.15) is 0 Å². The predicted molar refractivity (Wildman–Crippen MR) is 79.2 cm³/mol. The van der Waals surface area contributed by atoms with Crippen LogP contribution in [0.1, 0.15) is 51.4 Å². The zero-order valence-corrected chi connectivity index (χ0v) is 12.6.